The molecule has 0 spiro atoms. The van der Waals surface area contributed by atoms with Crippen LogP contribution < -0.4 is 14.8 Å². The number of nitrogens with one attached hydrogen (secondary N) is 1. The third-order valence-electron chi connectivity index (χ3n) is 2.46. The Balaban J connectivity index is 2.22. The van der Waals surface area contributed by atoms with Crippen LogP contribution in [-0.4, -0.2) is 19.4 Å². The van der Waals surface area contributed by atoms with E-state index in [-0.39, 0.29) is 5.25 Å². The molecule has 1 aliphatic rings. The normalized spacial score (nSPS) is 18.5. The Labute approximate surface area is 102 Å². The van der Waals surface area contributed by atoms with Crippen molar-refractivity contribution in [3.63, 3.8) is 0 Å². The summed E-state index contributed by atoms with van der Waals surface area (Å²) in [5.41, 5.74) is 1.14. The van der Waals surface area contributed by atoms with E-state index in [1.807, 2.05) is 39.1 Å². The zero-order chi connectivity index (χ0) is 11.8. The molecule has 4 heteroatoms. The molecule has 0 bridgehead atoms. The summed E-state index contributed by atoms with van der Waals surface area (Å²) in [4.78, 5) is 0. The van der Waals surface area contributed by atoms with Gasteiger partial charge in [0.15, 0.2) is 11.5 Å². The average Bonchev–Trinajstić information content (AvgIpc) is 2.50. The molecule has 1 aromatic rings. The van der Waals surface area contributed by atoms with Crippen molar-refractivity contribution in [2.24, 2.45) is 0 Å². The van der Waals surface area contributed by atoms with Gasteiger partial charge in [0.1, 0.15) is 0 Å². The first kappa shape index (κ1) is 11.6. The lowest BCUT2D eigenvalue weighted by Crippen LogP contribution is -2.29. The average molecular weight is 239 g/mol. The van der Waals surface area contributed by atoms with Crippen LogP contribution >= 0.6 is 12.6 Å². The largest absolute Gasteiger partial charge is 0.449 e. The van der Waals surface area contributed by atoms with Crippen LogP contribution in [0, 0.1) is 0 Å². The standard InChI is InChI=1S/C12H17NO2S/c1-12(2)14-9-5-4-8(6-10(9)15-12)11(16)7-13-3/h4-6,11,13,16H,7H2,1-3H3. The van der Waals surface area contributed by atoms with Crippen LogP contribution in [0.15, 0.2) is 18.2 Å². The third-order valence-corrected chi connectivity index (χ3v) is 2.94. The van der Waals surface area contributed by atoms with Crippen LogP contribution in [-0.2, 0) is 0 Å². The number of ether oxygens (including phenoxy) is 2. The van der Waals surface area contributed by atoms with Gasteiger partial charge >= 0.3 is 0 Å². The Bertz CT molecular complexity index is 393. The minimum atomic E-state index is -0.559. The lowest BCUT2D eigenvalue weighted by Gasteiger charge is -2.16. The summed E-state index contributed by atoms with van der Waals surface area (Å²) in [6, 6.07) is 5.97. The molecule has 0 aliphatic carbocycles. The fraction of sp³-hybridized carbons (Fsp3) is 0.500. The van der Waals surface area contributed by atoms with Crippen molar-refractivity contribution in [3.8, 4) is 11.5 Å². The van der Waals surface area contributed by atoms with E-state index in [0.29, 0.717) is 0 Å². The number of likely N-dealkylation sites (N-methyl/N-ethyl adjacent to an activating group) is 1. The molecule has 1 atom stereocenters. The van der Waals surface area contributed by atoms with Gasteiger partial charge in [-0.15, -0.1) is 0 Å². The highest BCUT2D eigenvalue weighted by molar-refractivity contribution is 7.80. The van der Waals surface area contributed by atoms with E-state index in [4.69, 9.17) is 9.47 Å². The lowest BCUT2D eigenvalue weighted by molar-refractivity contribution is -0.0431. The molecular weight excluding hydrogens is 222 g/mol. The van der Waals surface area contributed by atoms with Crippen LogP contribution in [0.2, 0.25) is 0 Å². The van der Waals surface area contributed by atoms with Crippen molar-refractivity contribution < 1.29 is 9.47 Å². The van der Waals surface area contributed by atoms with E-state index in [9.17, 15) is 0 Å². The monoisotopic (exact) mass is 239 g/mol. The summed E-state index contributed by atoms with van der Waals surface area (Å²) >= 11 is 4.52. The second kappa shape index (κ2) is 4.18. The highest BCUT2D eigenvalue weighted by atomic mass is 32.1. The topological polar surface area (TPSA) is 30.5 Å². The van der Waals surface area contributed by atoms with Crippen molar-refractivity contribution in [3.05, 3.63) is 23.8 Å². The maximum Gasteiger partial charge on any atom is 0.246 e. The first-order chi connectivity index (χ1) is 7.52. The summed E-state index contributed by atoms with van der Waals surface area (Å²) in [6.07, 6.45) is 0. The van der Waals surface area contributed by atoms with E-state index in [2.05, 4.69) is 17.9 Å². The van der Waals surface area contributed by atoms with Gasteiger partial charge in [-0.05, 0) is 24.7 Å². The van der Waals surface area contributed by atoms with Gasteiger partial charge in [-0.3, -0.25) is 0 Å². The van der Waals surface area contributed by atoms with Crippen molar-refractivity contribution in [1.29, 1.82) is 0 Å². The van der Waals surface area contributed by atoms with Crippen molar-refractivity contribution in [2.45, 2.75) is 24.9 Å². The molecule has 2 rings (SSSR count). The third kappa shape index (κ3) is 2.28. The van der Waals surface area contributed by atoms with Gasteiger partial charge in [0.05, 0.1) is 0 Å². The lowest BCUT2D eigenvalue weighted by atomic mass is 10.1. The van der Waals surface area contributed by atoms with E-state index >= 15 is 0 Å². The predicted octanol–water partition coefficient (Wildman–Crippen LogP) is 2.38. The van der Waals surface area contributed by atoms with Crippen LogP contribution in [0.1, 0.15) is 24.7 Å². The molecule has 0 fully saturated rings. The number of rotatable bonds is 3. The molecule has 88 valence electrons. The Morgan fingerprint density at radius 2 is 2.00 bits per heavy atom. The van der Waals surface area contributed by atoms with Crippen molar-refractivity contribution in [2.75, 3.05) is 13.6 Å². The van der Waals surface area contributed by atoms with Gasteiger partial charge in [-0.25, -0.2) is 0 Å². The number of hydrogen-bond acceptors (Lipinski definition) is 4. The van der Waals surface area contributed by atoms with Crippen LogP contribution in [0.25, 0.3) is 0 Å². The highest BCUT2D eigenvalue weighted by Gasteiger charge is 2.31. The SMILES string of the molecule is CNCC(S)c1ccc2c(c1)OC(C)(C)O2. The number of hydrogen-bond donors (Lipinski definition) is 2. The fourth-order valence-corrected chi connectivity index (χ4v) is 2.10. The van der Waals surface area contributed by atoms with Gasteiger partial charge in [0.2, 0.25) is 5.79 Å². The second-order valence-corrected chi connectivity index (χ2v) is 5.01. The summed E-state index contributed by atoms with van der Waals surface area (Å²) < 4.78 is 11.3. The summed E-state index contributed by atoms with van der Waals surface area (Å²) in [5.74, 6) is 1.05. The summed E-state index contributed by atoms with van der Waals surface area (Å²) in [5, 5.41) is 3.27. The molecule has 0 aromatic heterocycles. The molecule has 1 aliphatic heterocycles. The Kier molecular flexibility index (Phi) is 3.04. The molecule has 0 radical (unpaired) electrons. The van der Waals surface area contributed by atoms with Gasteiger partial charge in [0, 0.05) is 25.6 Å². The number of fused-ring (bicyclic) bond motifs is 1. The zero-order valence-corrected chi connectivity index (χ0v) is 10.7. The van der Waals surface area contributed by atoms with E-state index in [0.717, 1.165) is 23.6 Å². The van der Waals surface area contributed by atoms with Gasteiger partial charge in [-0.1, -0.05) is 6.07 Å². The van der Waals surface area contributed by atoms with Gasteiger partial charge in [0.25, 0.3) is 0 Å². The van der Waals surface area contributed by atoms with Crippen molar-refractivity contribution >= 4 is 12.6 Å². The minimum Gasteiger partial charge on any atom is -0.449 e. The Morgan fingerprint density at radius 1 is 1.31 bits per heavy atom. The fourth-order valence-electron chi connectivity index (χ4n) is 1.76. The molecule has 1 unspecified atom stereocenters. The Morgan fingerprint density at radius 3 is 2.69 bits per heavy atom. The van der Waals surface area contributed by atoms with Crippen LogP contribution in [0.4, 0.5) is 0 Å². The Hall–Kier alpha value is -0.870. The highest BCUT2D eigenvalue weighted by Crippen LogP contribution is 2.40. The predicted molar refractivity (Wildman–Crippen MR) is 67.4 cm³/mol. The minimum absolute atomic E-state index is 0.169. The summed E-state index contributed by atoms with van der Waals surface area (Å²) in [6.45, 7) is 4.63. The molecule has 16 heavy (non-hydrogen) atoms. The van der Waals surface area contributed by atoms with Gasteiger partial charge in [-0.2, -0.15) is 12.6 Å². The van der Waals surface area contributed by atoms with Gasteiger partial charge < -0.3 is 14.8 Å². The number of thiol groups is 1. The molecule has 1 heterocycles. The molecular formula is C12H17NO2S. The first-order valence-electron chi connectivity index (χ1n) is 5.36. The zero-order valence-electron chi connectivity index (χ0n) is 9.78. The molecule has 0 saturated heterocycles. The summed E-state index contributed by atoms with van der Waals surface area (Å²) in [7, 11) is 1.92. The van der Waals surface area contributed by atoms with E-state index in [1.165, 1.54) is 0 Å². The maximum absolute atomic E-state index is 5.69. The number of benzene rings is 1. The van der Waals surface area contributed by atoms with Crippen LogP contribution in [0.3, 0.4) is 0 Å². The first-order valence-corrected chi connectivity index (χ1v) is 5.88. The molecule has 0 saturated carbocycles. The quantitative estimate of drug-likeness (QED) is 0.794. The van der Waals surface area contributed by atoms with E-state index in [1.54, 1.807) is 0 Å². The van der Waals surface area contributed by atoms with Crippen molar-refractivity contribution in [1.82, 2.24) is 5.32 Å². The molecule has 3 nitrogen and oxygen atoms in total. The maximum atomic E-state index is 5.69. The molecule has 1 N–H and O–H groups in total. The second-order valence-electron chi connectivity index (χ2n) is 4.38. The smallest absolute Gasteiger partial charge is 0.246 e. The molecule has 0 amide bonds. The van der Waals surface area contributed by atoms with E-state index < -0.39 is 5.79 Å². The van der Waals surface area contributed by atoms with Crippen LogP contribution in [0.5, 0.6) is 11.5 Å². The molecule has 1 aromatic carbocycles.